The molecule has 0 aliphatic heterocycles. The quantitative estimate of drug-likeness (QED) is 0.148. The lowest BCUT2D eigenvalue weighted by molar-refractivity contribution is -0.382. The van der Waals surface area contributed by atoms with Crippen molar-refractivity contribution in [3.63, 3.8) is 0 Å². The maximum Gasteiger partial charge on any atom is 0.285 e. The second-order valence-electron chi connectivity index (χ2n) is 8.52. The van der Waals surface area contributed by atoms with Gasteiger partial charge < -0.3 is 0 Å². The van der Waals surface area contributed by atoms with Crippen LogP contribution in [0, 0.1) is 10.1 Å². The molecule has 0 radical (unpaired) electrons. The van der Waals surface area contributed by atoms with E-state index in [1.54, 1.807) is 11.3 Å². The van der Waals surface area contributed by atoms with Crippen molar-refractivity contribution < 1.29 is 4.92 Å². The Morgan fingerprint density at radius 3 is 1.91 bits per heavy atom. The Kier molecular flexibility index (Phi) is 4.02. The number of fused-ring (bicyclic) bond motifs is 8. The monoisotopic (exact) mass is 455 g/mol. The summed E-state index contributed by atoms with van der Waals surface area (Å²) in [5, 5.41) is 20.6. The van der Waals surface area contributed by atoms with Crippen LogP contribution in [0.5, 0.6) is 0 Å². The first kappa shape index (κ1) is 19.2. The van der Waals surface area contributed by atoms with Crippen molar-refractivity contribution in [3.8, 4) is 11.1 Å². The molecule has 160 valence electrons. The second-order valence-corrected chi connectivity index (χ2v) is 9.57. The first-order valence-electron chi connectivity index (χ1n) is 11.1. The fourth-order valence-electron chi connectivity index (χ4n) is 5.34. The van der Waals surface area contributed by atoms with Crippen molar-refractivity contribution in [1.29, 1.82) is 0 Å². The van der Waals surface area contributed by atoms with E-state index in [0.717, 1.165) is 37.9 Å². The van der Waals surface area contributed by atoms with E-state index in [0.29, 0.717) is 10.9 Å². The molecule has 7 aromatic rings. The summed E-state index contributed by atoms with van der Waals surface area (Å²) in [4.78, 5) is 12.5. The lowest BCUT2D eigenvalue weighted by Crippen LogP contribution is -1.96. The third-order valence-electron chi connectivity index (χ3n) is 6.73. The van der Waals surface area contributed by atoms with E-state index in [1.165, 1.54) is 14.8 Å². The number of thiophene rings is 1. The fraction of sp³-hybridized carbons (Fsp3) is 0. The van der Waals surface area contributed by atoms with Gasteiger partial charge in [0.05, 0.1) is 15.9 Å². The molecular weight excluding hydrogens is 438 g/mol. The molecule has 0 spiro atoms. The standard InChI is InChI=1S/C30H17NO2S/c32-31(33)29-23-14-6-4-12-21(23)20-11-3-5-13-22(20)27(29)25-17-18-9-1-2-10-19(18)30-28(25)24-15-7-8-16-26(24)34-30/h1-17H. The molecular formula is C30H17NO2S. The molecule has 0 unspecified atom stereocenters. The third-order valence-corrected chi connectivity index (χ3v) is 7.93. The molecule has 34 heavy (non-hydrogen) atoms. The zero-order valence-electron chi connectivity index (χ0n) is 18.0. The van der Waals surface area contributed by atoms with Crippen LogP contribution in [-0.4, -0.2) is 4.92 Å². The minimum Gasteiger partial charge on any atom is -0.258 e. The van der Waals surface area contributed by atoms with Crippen LogP contribution in [0.3, 0.4) is 0 Å². The number of nitrogens with zero attached hydrogens (tertiary/aromatic N) is 1. The molecule has 7 rings (SSSR count). The van der Waals surface area contributed by atoms with Gasteiger partial charge in [0.25, 0.3) is 5.69 Å². The summed E-state index contributed by atoms with van der Waals surface area (Å²) in [5.74, 6) is 0. The van der Waals surface area contributed by atoms with E-state index in [2.05, 4.69) is 42.5 Å². The number of benzene rings is 6. The maximum atomic E-state index is 12.7. The van der Waals surface area contributed by atoms with Gasteiger partial charge in [-0.3, -0.25) is 10.1 Å². The SMILES string of the molecule is O=[N+]([O-])c1c(-c2cc3ccccc3c3sc4ccccc4c23)c2ccccc2c2ccccc12. The van der Waals surface area contributed by atoms with Gasteiger partial charge in [0.15, 0.2) is 0 Å². The number of rotatable bonds is 2. The molecule has 0 aliphatic carbocycles. The second kappa shape index (κ2) is 7.11. The summed E-state index contributed by atoms with van der Waals surface area (Å²) in [7, 11) is 0. The summed E-state index contributed by atoms with van der Waals surface area (Å²) in [6, 6.07) is 34.5. The Hall–Kier alpha value is -4.28. The van der Waals surface area contributed by atoms with E-state index in [9.17, 15) is 10.1 Å². The van der Waals surface area contributed by atoms with E-state index in [-0.39, 0.29) is 10.6 Å². The highest BCUT2D eigenvalue weighted by molar-refractivity contribution is 7.26. The van der Waals surface area contributed by atoms with Crippen LogP contribution in [-0.2, 0) is 0 Å². The van der Waals surface area contributed by atoms with Gasteiger partial charge in [-0.2, -0.15) is 0 Å². The Balaban J connectivity index is 1.81. The van der Waals surface area contributed by atoms with Crippen LogP contribution in [0.4, 0.5) is 5.69 Å². The molecule has 0 amide bonds. The van der Waals surface area contributed by atoms with Crippen LogP contribution in [0.1, 0.15) is 0 Å². The van der Waals surface area contributed by atoms with Gasteiger partial charge in [0, 0.05) is 20.2 Å². The first-order valence-corrected chi connectivity index (χ1v) is 12.0. The smallest absolute Gasteiger partial charge is 0.258 e. The van der Waals surface area contributed by atoms with Crippen molar-refractivity contribution in [3.05, 3.63) is 113 Å². The zero-order valence-corrected chi connectivity index (χ0v) is 18.8. The molecule has 3 nitrogen and oxygen atoms in total. The number of nitro benzene ring substituents is 1. The average molecular weight is 456 g/mol. The molecule has 6 aromatic carbocycles. The summed E-state index contributed by atoms with van der Waals surface area (Å²) in [5.41, 5.74) is 1.78. The van der Waals surface area contributed by atoms with Crippen molar-refractivity contribution in [2.45, 2.75) is 0 Å². The van der Waals surface area contributed by atoms with Crippen molar-refractivity contribution >= 4 is 69.5 Å². The van der Waals surface area contributed by atoms with Gasteiger partial charge >= 0.3 is 0 Å². The molecule has 4 heteroatoms. The minimum absolute atomic E-state index is 0.168. The minimum atomic E-state index is -0.209. The van der Waals surface area contributed by atoms with Crippen LogP contribution in [0.2, 0.25) is 0 Å². The Morgan fingerprint density at radius 2 is 1.18 bits per heavy atom. The Labute approximate surface area is 198 Å². The van der Waals surface area contributed by atoms with Crippen LogP contribution >= 0.6 is 11.3 Å². The van der Waals surface area contributed by atoms with E-state index in [4.69, 9.17) is 0 Å². The van der Waals surface area contributed by atoms with Gasteiger partial charge in [-0.25, -0.2) is 0 Å². The molecule has 0 saturated heterocycles. The van der Waals surface area contributed by atoms with Crippen molar-refractivity contribution in [1.82, 2.24) is 0 Å². The Morgan fingerprint density at radius 1 is 0.618 bits per heavy atom. The molecule has 1 aromatic heterocycles. The summed E-state index contributed by atoms with van der Waals surface area (Å²) in [6.45, 7) is 0. The predicted molar refractivity (Wildman–Crippen MR) is 144 cm³/mol. The highest BCUT2D eigenvalue weighted by Crippen LogP contribution is 2.50. The van der Waals surface area contributed by atoms with E-state index in [1.807, 2.05) is 60.7 Å². The summed E-state index contributed by atoms with van der Waals surface area (Å²) in [6.07, 6.45) is 0. The topological polar surface area (TPSA) is 43.1 Å². The van der Waals surface area contributed by atoms with E-state index < -0.39 is 0 Å². The highest BCUT2D eigenvalue weighted by atomic mass is 32.1. The normalized spacial score (nSPS) is 11.8. The zero-order chi connectivity index (χ0) is 22.8. The van der Waals surface area contributed by atoms with E-state index >= 15 is 0 Å². The van der Waals surface area contributed by atoms with Gasteiger partial charge in [-0.05, 0) is 50.7 Å². The van der Waals surface area contributed by atoms with Crippen LogP contribution in [0.15, 0.2) is 103 Å². The molecule has 0 bridgehead atoms. The summed E-state index contributed by atoms with van der Waals surface area (Å²) < 4.78 is 2.35. The number of hydrogen-bond donors (Lipinski definition) is 0. The fourth-order valence-corrected chi connectivity index (χ4v) is 6.61. The predicted octanol–water partition coefficient (Wildman–Crippen LogP) is 9.09. The molecule has 1 heterocycles. The third kappa shape index (κ3) is 2.57. The van der Waals surface area contributed by atoms with Gasteiger partial charge in [-0.15, -0.1) is 11.3 Å². The van der Waals surface area contributed by atoms with Gasteiger partial charge in [0.1, 0.15) is 0 Å². The lowest BCUT2D eigenvalue weighted by atomic mass is 9.88. The molecule has 0 fully saturated rings. The number of hydrogen-bond acceptors (Lipinski definition) is 3. The lowest BCUT2D eigenvalue weighted by Gasteiger charge is -2.14. The Bertz CT molecular complexity index is 1950. The van der Waals surface area contributed by atoms with Crippen molar-refractivity contribution in [2.75, 3.05) is 0 Å². The maximum absolute atomic E-state index is 12.7. The number of nitro groups is 1. The van der Waals surface area contributed by atoms with Crippen LogP contribution in [0.25, 0.3) is 63.6 Å². The average Bonchev–Trinajstić information content (AvgIpc) is 3.27. The first-order chi connectivity index (χ1) is 16.7. The molecule has 0 atom stereocenters. The van der Waals surface area contributed by atoms with Gasteiger partial charge in [-0.1, -0.05) is 84.9 Å². The highest BCUT2D eigenvalue weighted by Gasteiger charge is 2.26. The molecule has 0 N–H and O–H groups in total. The largest absolute Gasteiger partial charge is 0.285 e. The van der Waals surface area contributed by atoms with Gasteiger partial charge in [0.2, 0.25) is 0 Å². The molecule has 0 aliphatic rings. The van der Waals surface area contributed by atoms with Crippen LogP contribution < -0.4 is 0 Å². The molecule has 0 saturated carbocycles. The summed E-state index contributed by atoms with van der Waals surface area (Å²) >= 11 is 1.75. The van der Waals surface area contributed by atoms with Crippen molar-refractivity contribution in [2.24, 2.45) is 0 Å².